The van der Waals surface area contributed by atoms with Crippen LogP contribution in [0.2, 0.25) is 0 Å². The predicted octanol–water partition coefficient (Wildman–Crippen LogP) is 1.99. The molecular weight excluding hydrogens is 302 g/mol. The van der Waals surface area contributed by atoms with Crippen molar-refractivity contribution >= 4 is 5.91 Å². The summed E-state index contributed by atoms with van der Waals surface area (Å²) in [5.74, 6) is -2.72. The van der Waals surface area contributed by atoms with Crippen molar-refractivity contribution in [2.24, 2.45) is 0 Å². The lowest BCUT2D eigenvalue weighted by atomic mass is 10.0. The summed E-state index contributed by atoms with van der Waals surface area (Å²) >= 11 is 0. The number of piperidine rings is 1. The number of hydrogen-bond donors (Lipinski definition) is 1. The molecule has 0 aliphatic carbocycles. The Bertz CT molecular complexity index is 545. The van der Waals surface area contributed by atoms with Gasteiger partial charge in [0.25, 0.3) is 11.8 Å². The summed E-state index contributed by atoms with van der Waals surface area (Å²) in [6.45, 7) is 0.617. The first kappa shape index (κ1) is 16.3. The predicted molar refractivity (Wildman–Crippen MR) is 82.5 cm³/mol. The molecule has 1 aromatic carbocycles. The number of aliphatic hydroxyl groups excluding tert-OH is 1. The van der Waals surface area contributed by atoms with Crippen LogP contribution >= 0.6 is 0 Å². The summed E-state index contributed by atoms with van der Waals surface area (Å²) in [7, 11) is 0. The van der Waals surface area contributed by atoms with E-state index in [1.54, 1.807) is 21.9 Å². The number of benzene rings is 1. The van der Waals surface area contributed by atoms with Gasteiger partial charge in [-0.1, -0.05) is 18.2 Å². The number of rotatable bonds is 3. The molecule has 0 radical (unpaired) electrons. The number of aliphatic hydroxyl groups is 1. The lowest BCUT2D eigenvalue weighted by molar-refractivity contribution is 0.00297. The maximum atomic E-state index is 13.6. The fourth-order valence-electron chi connectivity index (χ4n) is 3.68. The Morgan fingerprint density at radius 1 is 1.22 bits per heavy atom. The average molecular weight is 324 g/mol. The molecule has 0 saturated carbocycles. The van der Waals surface area contributed by atoms with Crippen LogP contribution < -0.4 is 0 Å². The van der Waals surface area contributed by atoms with Crippen LogP contribution in [-0.4, -0.2) is 65.1 Å². The molecule has 23 heavy (non-hydrogen) atoms. The highest BCUT2D eigenvalue weighted by Crippen LogP contribution is 2.35. The van der Waals surface area contributed by atoms with Gasteiger partial charge in [-0.3, -0.25) is 9.69 Å². The molecule has 2 fully saturated rings. The van der Waals surface area contributed by atoms with E-state index >= 15 is 0 Å². The van der Waals surface area contributed by atoms with E-state index in [1.807, 2.05) is 18.2 Å². The highest BCUT2D eigenvalue weighted by atomic mass is 19.3. The number of hydrogen-bond acceptors (Lipinski definition) is 3. The lowest BCUT2D eigenvalue weighted by Crippen LogP contribution is -2.49. The smallest absolute Gasteiger partial charge is 0.262 e. The zero-order valence-corrected chi connectivity index (χ0v) is 13.0. The molecule has 6 heteroatoms. The Labute approximate surface area is 134 Å². The number of carbonyl (C=O) groups excluding carboxylic acids is 1. The van der Waals surface area contributed by atoms with Crippen molar-refractivity contribution in [3.05, 3.63) is 35.9 Å². The molecule has 4 nitrogen and oxygen atoms in total. The van der Waals surface area contributed by atoms with Crippen molar-refractivity contribution in [3.63, 3.8) is 0 Å². The van der Waals surface area contributed by atoms with E-state index in [4.69, 9.17) is 0 Å². The van der Waals surface area contributed by atoms with Crippen molar-refractivity contribution in [2.75, 3.05) is 26.2 Å². The van der Waals surface area contributed by atoms with Gasteiger partial charge < -0.3 is 10.0 Å². The van der Waals surface area contributed by atoms with Gasteiger partial charge in [0.05, 0.1) is 13.2 Å². The fourth-order valence-corrected chi connectivity index (χ4v) is 3.68. The van der Waals surface area contributed by atoms with E-state index in [1.165, 1.54) is 0 Å². The van der Waals surface area contributed by atoms with E-state index in [2.05, 4.69) is 0 Å². The van der Waals surface area contributed by atoms with Gasteiger partial charge in [0.2, 0.25) is 0 Å². The second-order valence-corrected chi connectivity index (χ2v) is 6.46. The number of halogens is 2. The van der Waals surface area contributed by atoms with Crippen molar-refractivity contribution in [2.45, 2.75) is 37.3 Å². The zero-order valence-electron chi connectivity index (χ0n) is 13.0. The molecular formula is C17H22F2N2O2. The molecule has 1 N–H and O–H groups in total. The molecule has 1 amide bonds. The Kier molecular flexibility index (Phi) is 4.64. The van der Waals surface area contributed by atoms with Gasteiger partial charge in [0.15, 0.2) is 0 Å². The Morgan fingerprint density at radius 3 is 2.48 bits per heavy atom. The van der Waals surface area contributed by atoms with Gasteiger partial charge >= 0.3 is 0 Å². The van der Waals surface area contributed by atoms with Gasteiger partial charge in [-0.2, -0.15) is 0 Å². The molecule has 0 spiro atoms. The first-order chi connectivity index (χ1) is 11.0. The molecule has 1 aromatic rings. The van der Waals surface area contributed by atoms with Crippen LogP contribution in [-0.2, 0) is 0 Å². The zero-order chi connectivity index (χ0) is 16.4. The number of nitrogens with zero attached hydrogens (tertiary/aromatic N) is 2. The molecule has 126 valence electrons. The fraction of sp³-hybridized carbons (Fsp3) is 0.588. The molecule has 2 aliphatic heterocycles. The minimum atomic E-state index is -2.72. The standard InChI is InChI=1S/C17H22F2N2O2/c18-17(19)10-15(11-22)21(12-17)14-6-8-20(9-7-14)16(23)13-4-2-1-3-5-13/h1-5,14-15,22H,6-12H2/t15-/m0/s1. The quantitative estimate of drug-likeness (QED) is 0.925. The highest BCUT2D eigenvalue weighted by Gasteiger charge is 2.47. The van der Waals surface area contributed by atoms with E-state index in [0.717, 1.165) is 0 Å². The molecule has 1 atom stereocenters. The molecule has 0 unspecified atom stereocenters. The molecule has 3 rings (SSSR count). The summed E-state index contributed by atoms with van der Waals surface area (Å²) < 4.78 is 27.2. The van der Waals surface area contributed by atoms with Gasteiger partial charge in [-0.05, 0) is 25.0 Å². The van der Waals surface area contributed by atoms with Gasteiger partial charge in [-0.15, -0.1) is 0 Å². The van der Waals surface area contributed by atoms with Crippen LogP contribution in [0.1, 0.15) is 29.6 Å². The minimum Gasteiger partial charge on any atom is -0.395 e. The average Bonchev–Trinajstić information content (AvgIpc) is 2.90. The van der Waals surface area contributed by atoms with Gasteiger partial charge in [0.1, 0.15) is 0 Å². The first-order valence-corrected chi connectivity index (χ1v) is 8.09. The summed E-state index contributed by atoms with van der Waals surface area (Å²) in [6, 6.07) is 8.66. The molecule has 0 aromatic heterocycles. The third-order valence-electron chi connectivity index (χ3n) is 4.87. The largest absolute Gasteiger partial charge is 0.395 e. The molecule has 2 saturated heterocycles. The molecule has 2 heterocycles. The summed E-state index contributed by atoms with van der Waals surface area (Å²) in [5, 5.41) is 9.35. The van der Waals surface area contributed by atoms with E-state index in [9.17, 15) is 18.7 Å². The number of amides is 1. The first-order valence-electron chi connectivity index (χ1n) is 8.09. The van der Waals surface area contributed by atoms with Crippen molar-refractivity contribution in [3.8, 4) is 0 Å². The van der Waals surface area contributed by atoms with Crippen molar-refractivity contribution < 1.29 is 18.7 Å². The maximum Gasteiger partial charge on any atom is 0.262 e. The van der Waals surface area contributed by atoms with Crippen LogP contribution in [0.15, 0.2) is 30.3 Å². The SMILES string of the molecule is O=C(c1ccccc1)N1CCC(N2CC(F)(F)C[C@H]2CO)CC1. The normalized spacial score (nSPS) is 25.7. The van der Waals surface area contributed by atoms with Crippen LogP contribution in [0.3, 0.4) is 0 Å². The lowest BCUT2D eigenvalue weighted by Gasteiger charge is -2.38. The Morgan fingerprint density at radius 2 is 1.87 bits per heavy atom. The maximum absolute atomic E-state index is 13.6. The summed E-state index contributed by atoms with van der Waals surface area (Å²) in [6.07, 6.45) is 1.07. The monoisotopic (exact) mass is 324 g/mol. The number of likely N-dealkylation sites (tertiary alicyclic amines) is 2. The van der Waals surface area contributed by atoms with Crippen molar-refractivity contribution in [1.82, 2.24) is 9.80 Å². The van der Waals surface area contributed by atoms with E-state index < -0.39 is 12.0 Å². The van der Waals surface area contributed by atoms with Crippen LogP contribution in [0, 0.1) is 0 Å². The van der Waals surface area contributed by atoms with E-state index in [-0.39, 0.29) is 31.5 Å². The third-order valence-corrected chi connectivity index (χ3v) is 4.87. The third kappa shape index (κ3) is 3.53. The van der Waals surface area contributed by atoms with Crippen LogP contribution in [0.25, 0.3) is 0 Å². The summed E-state index contributed by atoms with van der Waals surface area (Å²) in [5.41, 5.74) is 0.659. The van der Waals surface area contributed by atoms with Gasteiger partial charge in [0, 0.05) is 37.2 Å². The van der Waals surface area contributed by atoms with E-state index in [0.29, 0.717) is 31.5 Å². The van der Waals surface area contributed by atoms with Crippen LogP contribution in [0.5, 0.6) is 0 Å². The number of alkyl halides is 2. The molecule has 0 bridgehead atoms. The van der Waals surface area contributed by atoms with Crippen molar-refractivity contribution in [1.29, 1.82) is 0 Å². The highest BCUT2D eigenvalue weighted by molar-refractivity contribution is 5.94. The van der Waals surface area contributed by atoms with Gasteiger partial charge in [-0.25, -0.2) is 8.78 Å². The second kappa shape index (κ2) is 6.53. The van der Waals surface area contributed by atoms with Crippen LogP contribution in [0.4, 0.5) is 8.78 Å². The summed E-state index contributed by atoms with van der Waals surface area (Å²) in [4.78, 5) is 15.9. The molecule has 2 aliphatic rings. The number of carbonyl (C=O) groups is 1. The Hall–Kier alpha value is -1.53. The second-order valence-electron chi connectivity index (χ2n) is 6.46. The topological polar surface area (TPSA) is 43.8 Å². The Balaban J connectivity index is 1.59. The minimum absolute atomic E-state index is 0.00508.